The van der Waals surface area contributed by atoms with Crippen molar-refractivity contribution in [2.24, 2.45) is 0 Å². The Hall–Kier alpha value is -0.610. The maximum atomic E-state index is 6.07. The number of thiazole rings is 1. The van der Waals surface area contributed by atoms with Crippen LogP contribution < -0.4 is 5.32 Å². The molecule has 0 bridgehead atoms. The molecule has 1 aromatic heterocycles. The lowest BCUT2D eigenvalue weighted by Gasteiger charge is -2.06. The Bertz CT molecular complexity index is 457. The van der Waals surface area contributed by atoms with Gasteiger partial charge in [0.15, 0.2) is 0 Å². The van der Waals surface area contributed by atoms with Gasteiger partial charge in [0.2, 0.25) is 0 Å². The minimum absolute atomic E-state index is 0.592. The number of hydrogen-bond donors (Lipinski definition) is 1. The lowest BCUT2D eigenvalue weighted by molar-refractivity contribution is 0.683. The summed E-state index contributed by atoms with van der Waals surface area (Å²) in [6.45, 7) is 1.43. The highest BCUT2D eigenvalue weighted by Crippen LogP contribution is 2.25. The van der Waals surface area contributed by atoms with E-state index in [0.29, 0.717) is 16.6 Å². The molecule has 5 heteroatoms. The summed E-state index contributed by atoms with van der Waals surface area (Å²) in [6.07, 6.45) is 0. The number of benzene rings is 1. The fraction of sp³-hybridized carbons (Fsp3) is 0.182. The largest absolute Gasteiger partial charge is 0.307 e. The van der Waals surface area contributed by atoms with E-state index >= 15 is 0 Å². The second-order valence-electron chi connectivity index (χ2n) is 3.30. The number of aromatic nitrogens is 1. The van der Waals surface area contributed by atoms with Crippen molar-refractivity contribution in [1.29, 1.82) is 0 Å². The zero-order valence-corrected chi connectivity index (χ0v) is 10.7. The Morgan fingerprint density at radius 1 is 1.25 bits per heavy atom. The van der Waals surface area contributed by atoms with Crippen LogP contribution in [0.2, 0.25) is 10.0 Å². The van der Waals surface area contributed by atoms with Crippen molar-refractivity contribution >= 4 is 34.5 Å². The van der Waals surface area contributed by atoms with Crippen molar-refractivity contribution in [2.45, 2.75) is 13.1 Å². The first-order chi connectivity index (χ1) is 7.77. The number of nitrogens with one attached hydrogen (secondary N) is 1. The molecule has 0 fully saturated rings. The molecule has 0 atom stereocenters. The van der Waals surface area contributed by atoms with E-state index < -0.39 is 0 Å². The molecule has 16 heavy (non-hydrogen) atoms. The van der Waals surface area contributed by atoms with Crippen LogP contribution >= 0.6 is 34.5 Å². The van der Waals surface area contributed by atoms with Crippen LogP contribution in [0.5, 0.6) is 0 Å². The predicted molar refractivity (Wildman–Crippen MR) is 69.1 cm³/mol. The first-order valence-electron chi connectivity index (χ1n) is 4.78. The van der Waals surface area contributed by atoms with Gasteiger partial charge < -0.3 is 5.32 Å². The minimum Gasteiger partial charge on any atom is -0.307 e. The second kappa shape index (κ2) is 5.64. The second-order valence-corrected chi connectivity index (χ2v) is 4.80. The molecule has 1 N–H and O–H groups in total. The Kier molecular flexibility index (Phi) is 4.18. The van der Waals surface area contributed by atoms with Gasteiger partial charge in [-0.2, -0.15) is 0 Å². The summed E-state index contributed by atoms with van der Waals surface area (Å²) >= 11 is 13.6. The van der Waals surface area contributed by atoms with Gasteiger partial charge >= 0.3 is 0 Å². The quantitative estimate of drug-likeness (QED) is 0.917. The topological polar surface area (TPSA) is 24.9 Å². The highest BCUT2D eigenvalue weighted by atomic mass is 35.5. The molecule has 1 aromatic carbocycles. The standard InChI is InChI=1S/C11H10Cl2N2S/c12-10-3-1-2-8(11(10)13)4-14-5-9-6-16-7-15-9/h1-3,6-7,14H,4-5H2. The molecule has 0 unspecified atom stereocenters. The highest BCUT2D eigenvalue weighted by Gasteiger charge is 2.03. The maximum absolute atomic E-state index is 6.07. The van der Waals surface area contributed by atoms with E-state index in [1.54, 1.807) is 17.4 Å². The highest BCUT2D eigenvalue weighted by molar-refractivity contribution is 7.07. The van der Waals surface area contributed by atoms with Crippen molar-refractivity contribution in [3.63, 3.8) is 0 Å². The zero-order valence-electron chi connectivity index (χ0n) is 8.41. The van der Waals surface area contributed by atoms with Gasteiger partial charge in [-0.15, -0.1) is 11.3 Å². The molecule has 0 amide bonds. The van der Waals surface area contributed by atoms with E-state index in [1.807, 2.05) is 23.0 Å². The third-order valence-electron chi connectivity index (χ3n) is 2.14. The minimum atomic E-state index is 0.592. The molecule has 1 heterocycles. The van der Waals surface area contributed by atoms with Crippen LogP contribution in [0, 0.1) is 0 Å². The smallest absolute Gasteiger partial charge is 0.0795 e. The third kappa shape index (κ3) is 2.95. The molecule has 0 aliphatic heterocycles. The van der Waals surface area contributed by atoms with E-state index in [2.05, 4.69) is 10.3 Å². The van der Waals surface area contributed by atoms with Gasteiger partial charge in [-0.1, -0.05) is 35.3 Å². The van der Waals surface area contributed by atoms with Crippen molar-refractivity contribution in [2.75, 3.05) is 0 Å². The summed E-state index contributed by atoms with van der Waals surface area (Å²) in [5, 5.41) is 6.51. The molecule has 0 radical (unpaired) electrons. The number of halogens is 2. The molecule has 0 spiro atoms. The van der Waals surface area contributed by atoms with Crippen LogP contribution in [0.3, 0.4) is 0 Å². The molecule has 0 saturated heterocycles. The van der Waals surface area contributed by atoms with Gasteiger partial charge in [0.05, 0.1) is 21.2 Å². The van der Waals surface area contributed by atoms with Crippen molar-refractivity contribution in [3.05, 3.63) is 50.4 Å². The van der Waals surface area contributed by atoms with Crippen LogP contribution in [0.25, 0.3) is 0 Å². The normalized spacial score (nSPS) is 10.6. The first kappa shape index (κ1) is 11.9. The van der Waals surface area contributed by atoms with Crippen LogP contribution in [-0.4, -0.2) is 4.98 Å². The first-order valence-corrected chi connectivity index (χ1v) is 6.48. The number of rotatable bonds is 4. The third-order valence-corrected chi connectivity index (χ3v) is 3.63. The molecule has 0 saturated carbocycles. The fourth-order valence-corrected chi connectivity index (χ4v) is 2.28. The molecule has 2 nitrogen and oxygen atoms in total. The lowest BCUT2D eigenvalue weighted by Crippen LogP contribution is -2.13. The van der Waals surface area contributed by atoms with E-state index in [1.165, 1.54) is 0 Å². The van der Waals surface area contributed by atoms with Crippen molar-refractivity contribution in [1.82, 2.24) is 10.3 Å². The Labute approximate surface area is 108 Å². The molecule has 2 aromatic rings. The predicted octanol–water partition coefficient (Wildman–Crippen LogP) is 3.74. The summed E-state index contributed by atoms with van der Waals surface area (Å²) < 4.78 is 0. The van der Waals surface area contributed by atoms with Gasteiger partial charge in [0.25, 0.3) is 0 Å². The van der Waals surface area contributed by atoms with Gasteiger partial charge in [0, 0.05) is 18.5 Å². The zero-order chi connectivity index (χ0) is 11.4. The van der Waals surface area contributed by atoms with Gasteiger partial charge in [-0.25, -0.2) is 4.98 Å². The van der Waals surface area contributed by atoms with E-state index in [-0.39, 0.29) is 0 Å². The summed E-state index contributed by atoms with van der Waals surface area (Å²) in [5.41, 5.74) is 3.87. The van der Waals surface area contributed by atoms with Crippen molar-refractivity contribution in [3.8, 4) is 0 Å². The van der Waals surface area contributed by atoms with E-state index in [9.17, 15) is 0 Å². The Morgan fingerprint density at radius 2 is 2.12 bits per heavy atom. The van der Waals surface area contributed by atoms with Gasteiger partial charge in [0.1, 0.15) is 0 Å². The van der Waals surface area contributed by atoms with Crippen LogP contribution in [0.1, 0.15) is 11.3 Å². The SMILES string of the molecule is Clc1cccc(CNCc2cscn2)c1Cl. The molecular weight excluding hydrogens is 263 g/mol. The molecule has 2 rings (SSSR count). The summed E-state index contributed by atoms with van der Waals surface area (Å²) in [6, 6.07) is 5.64. The van der Waals surface area contributed by atoms with Crippen molar-refractivity contribution < 1.29 is 0 Å². The number of nitrogens with zero attached hydrogens (tertiary/aromatic N) is 1. The Balaban J connectivity index is 1.92. The molecular formula is C11H10Cl2N2S. The summed E-state index contributed by atoms with van der Waals surface area (Å²) in [5.74, 6) is 0. The monoisotopic (exact) mass is 272 g/mol. The van der Waals surface area contributed by atoms with Crippen LogP contribution in [0.15, 0.2) is 29.1 Å². The molecule has 84 valence electrons. The summed E-state index contributed by atoms with van der Waals surface area (Å²) in [4.78, 5) is 4.18. The van der Waals surface area contributed by atoms with Gasteiger partial charge in [-0.3, -0.25) is 0 Å². The van der Waals surface area contributed by atoms with Gasteiger partial charge in [-0.05, 0) is 11.6 Å². The molecule has 0 aliphatic rings. The maximum Gasteiger partial charge on any atom is 0.0795 e. The number of hydrogen-bond acceptors (Lipinski definition) is 3. The van der Waals surface area contributed by atoms with Crippen LogP contribution in [-0.2, 0) is 13.1 Å². The Morgan fingerprint density at radius 3 is 2.88 bits per heavy atom. The summed E-state index contributed by atoms with van der Waals surface area (Å²) in [7, 11) is 0. The average Bonchev–Trinajstić information content (AvgIpc) is 2.77. The average molecular weight is 273 g/mol. The van der Waals surface area contributed by atoms with Crippen LogP contribution in [0.4, 0.5) is 0 Å². The fourth-order valence-electron chi connectivity index (χ4n) is 1.34. The lowest BCUT2D eigenvalue weighted by atomic mass is 10.2. The van der Waals surface area contributed by atoms with E-state index in [0.717, 1.165) is 17.8 Å². The van der Waals surface area contributed by atoms with E-state index in [4.69, 9.17) is 23.2 Å². The molecule has 0 aliphatic carbocycles.